The van der Waals surface area contributed by atoms with Crippen LogP contribution in [0.3, 0.4) is 0 Å². The number of hydrogen-bond donors (Lipinski definition) is 1. The first-order chi connectivity index (χ1) is 23.6. The SMILES string of the molecule is COC(=O)[C@H](CC[C@H](OC(=O)[C@@](OC)(c1ccccc1)C(F)(F)F)C(C)(C)O)[C@H]1CC[C@@]2(C)C3=C(CC[C@]12C)[C@@]1(C)CCC(=O)C(C)(C)[C@@H]1CC3. The maximum absolute atomic E-state index is 14.7. The minimum Gasteiger partial charge on any atom is -0.469 e. The molecule has 2 saturated carbocycles. The molecule has 2 fully saturated rings. The van der Waals surface area contributed by atoms with Crippen LogP contribution in [0.4, 0.5) is 13.2 Å². The third kappa shape index (κ3) is 6.08. The number of esters is 2. The number of alkyl halides is 3. The van der Waals surface area contributed by atoms with Crippen molar-refractivity contribution in [2.45, 2.75) is 136 Å². The Labute approximate surface area is 301 Å². The van der Waals surface area contributed by atoms with Crippen molar-refractivity contribution in [1.82, 2.24) is 0 Å². The molecular weight excluding hydrogens is 661 g/mol. The van der Waals surface area contributed by atoms with E-state index in [0.29, 0.717) is 12.2 Å². The third-order valence-electron chi connectivity index (χ3n) is 14.5. The summed E-state index contributed by atoms with van der Waals surface area (Å²) in [6.07, 6.45) is 0.239. The molecule has 7 nitrogen and oxygen atoms in total. The lowest BCUT2D eigenvalue weighted by atomic mass is 9.43. The fourth-order valence-electron chi connectivity index (χ4n) is 11.3. The van der Waals surface area contributed by atoms with Gasteiger partial charge in [0.1, 0.15) is 11.9 Å². The molecule has 1 N–H and O–H groups in total. The van der Waals surface area contributed by atoms with Crippen molar-refractivity contribution in [2.75, 3.05) is 14.2 Å². The van der Waals surface area contributed by atoms with Crippen LogP contribution in [0.15, 0.2) is 41.5 Å². The Kier molecular flexibility index (Phi) is 10.3. The van der Waals surface area contributed by atoms with Gasteiger partial charge < -0.3 is 19.3 Å². The van der Waals surface area contributed by atoms with Crippen LogP contribution in [0.2, 0.25) is 0 Å². The highest BCUT2D eigenvalue weighted by molar-refractivity contribution is 5.86. The number of carbonyl (C=O) groups is 3. The van der Waals surface area contributed by atoms with Crippen molar-refractivity contribution in [2.24, 2.45) is 39.4 Å². The number of ether oxygens (including phenoxy) is 3. The van der Waals surface area contributed by atoms with Gasteiger partial charge >= 0.3 is 18.1 Å². The van der Waals surface area contributed by atoms with Crippen LogP contribution in [0.1, 0.15) is 118 Å². The smallest absolute Gasteiger partial charge is 0.432 e. The summed E-state index contributed by atoms with van der Waals surface area (Å²) in [5.41, 5.74) is -3.47. The standard InChI is InChI=1S/C41H57F3O7/c1-35(2)30-17-16-29-28(37(30,5)22-21-31(35)45)20-24-38(6)27(19-23-39(29,38)7)26(33(46)49-8)15-18-32(36(3,4)48)51-34(47)40(50-9,41(42,43)44)25-13-11-10-12-14-25/h10-14,26-27,30,32,48H,15-24H2,1-9H3/t26-,27-,30+,32+,37-,38-,39+,40+/m1/s1. The summed E-state index contributed by atoms with van der Waals surface area (Å²) in [5, 5.41) is 11.2. The van der Waals surface area contributed by atoms with Gasteiger partial charge in [-0.15, -0.1) is 0 Å². The molecular formula is C41H57F3O7. The Hall–Kier alpha value is -2.72. The quantitative estimate of drug-likeness (QED) is 0.191. The first kappa shape index (κ1) is 39.5. The van der Waals surface area contributed by atoms with Crippen molar-refractivity contribution >= 4 is 17.7 Å². The van der Waals surface area contributed by atoms with Gasteiger partial charge in [0.25, 0.3) is 5.60 Å². The second-order valence-corrected chi connectivity index (χ2v) is 17.5. The molecule has 1 aromatic rings. The van der Waals surface area contributed by atoms with Crippen LogP contribution in [0.5, 0.6) is 0 Å². The summed E-state index contributed by atoms with van der Waals surface area (Å²) in [6, 6.07) is 6.57. The van der Waals surface area contributed by atoms with E-state index in [0.717, 1.165) is 64.2 Å². The molecule has 0 unspecified atom stereocenters. The zero-order valence-corrected chi connectivity index (χ0v) is 31.8. The van der Waals surface area contributed by atoms with Crippen LogP contribution < -0.4 is 0 Å². The van der Waals surface area contributed by atoms with Crippen molar-refractivity contribution in [1.29, 1.82) is 0 Å². The predicted molar refractivity (Wildman–Crippen MR) is 186 cm³/mol. The van der Waals surface area contributed by atoms with Gasteiger partial charge in [-0.05, 0) is 99.7 Å². The van der Waals surface area contributed by atoms with Gasteiger partial charge in [-0.3, -0.25) is 9.59 Å². The van der Waals surface area contributed by atoms with Gasteiger partial charge in [0.05, 0.1) is 18.6 Å². The molecule has 8 atom stereocenters. The van der Waals surface area contributed by atoms with Gasteiger partial charge in [-0.1, -0.05) is 76.1 Å². The first-order valence-electron chi connectivity index (χ1n) is 18.5. The van der Waals surface area contributed by atoms with Crippen molar-refractivity contribution in [3.63, 3.8) is 0 Å². The van der Waals surface area contributed by atoms with Crippen molar-refractivity contribution < 1.29 is 46.9 Å². The van der Waals surface area contributed by atoms with E-state index in [4.69, 9.17) is 14.2 Å². The van der Waals surface area contributed by atoms with Crippen LogP contribution in [0, 0.1) is 39.4 Å². The fourth-order valence-corrected chi connectivity index (χ4v) is 11.3. The number of methoxy groups -OCH3 is 2. The zero-order chi connectivity index (χ0) is 38.0. The molecule has 0 radical (unpaired) electrons. The molecule has 0 saturated heterocycles. The molecule has 284 valence electrons. The lowest BCUT2D eigenvalue weighted by molar-refractivity contribution is -0.281. The van der Waals surface area contributed by atoms with E-state index in [1.807, 2.05) is 0 Å². The predicted octanol–water partition coefficient (Wildman–Crippen LogP) is 8.66. The highest BCUT2D eigenvalue weighted by Crippen LogP contribution is 2.72. The average Bonchev–Trinajstić information content (AvgIpc) is 3.33. The van der Waals surface area contributed by atoms with Crippen LogP contribution in [0.25, 0.3) is 0 Å². The third-order valence-corrected chi connectivity index (χ3v) is 14.5. The first-order valence-corrected chi connectivity index (χ1v) is 18.5. The molecule has 0 spiro atoms. The molecule has 1 aromatic carbocycles. The molecule has 0 aromatic heterocycles. The minimum atomic E-state index is -5.17. The summed E-state index contributed by atoms with van der Waals surface area (Å²) < 4.78 is 59.9. The molecule has 0 aliphatic heterocycles. The second-order valence-electron chi connectivity index (χ2n) is 17.5. The van der Waals surface area contributed by atoms with Crippen molar-refractivity contribution in [3.05, 3.63) is 47.0 Å². The Morgan fingerprint density at radius 2 is 1.55 bits per heavy atom. The number of halogens is 3. The number of carbonyl (C=O) groups excluding carboxylic acids is 3. The number of aliphatic hydroxyl groups is 1. The van der Waals surface area contributed by atoms with E-state index < -0.39 is 46.9 Å². The van der Waals surface area contributed by atoms with Gasteiger partial charge in [-0.25, -0.2) is 4.79 Å². The highest BCUT2D eigenvalue weighted by atomic mass is 19.4. The summed E-state index contributed by atoms with van der Waals surface area (Å²) in [4.78, 5) is 40.3. The number of allylic oxidation sites excluding steroid dienone is 2. The topological polar surface area (TPSA) is 99.1 Å². The fraction of sp³-hybridized carbons (Fsp3) is 0.732. The Bertz CT molecular complexity index is 1540. The lowest BCUT2D eigenvalue weighted by Crippen LogP contribution is -2.54. The van der Waals surface area contributed by atoms with Gasteiger partial charge in [0, 0.05) is 24.5 Å². The van der Waals surface area contributed by atoms with Crippen LogP contribution in [-0.4, -0.2) is 54.9 Å². The molecule has 4 aliphatic rings. The number of Topliss-reactive ketones (excluding diaryl/α,β-unsaturated/α-hetero) is 1. The second kappa shape index (κ2) is 13.3. The minimum absolute atomic E-state index is 0.0490. The number of ketones is 1. The molecule has 5 rings (SSSR count). The summed E-state index contributed by atoms with van der Waals surface area (Å²) in [6.45, 7) is 14.0. The maximum atomic E-state index is 14.7. The van der Waals surface area contributed by atoms with Gasteiger partial charge in [0.2, 0.25) is 0 Å². The summed E-state index contributed by atoms with van der Waals surface area (Å²) >= 11 is 0. The Balaban J connectivity index is 1.43. The molecule has 51 heavy (non-hydrogen) atoms. The monoisotopic (exact) mass is 718 g/mol. The van der Waals surface area contributed by atoms with Crippen LogP contribution >= 0.6 is 0 Å². The van der Waals surface area contributed by atoms with Crippen LogP contribution in [-0.2, 0) is 34.2 Å². The largest absolute Gasteiger partial charge is 0.469 e. The van der Waals surface area contributed by atoms with Crippen molar-refractivity contribution in [3.8, 4) is 0 Å². The average molecular weight is 719 g/mol. The zero-order valence-electron chi connectivity index (χ0n) is 31.8. The van der Waals surface area contributed by atoms with E-state index in [1.54, 1.807) is 0 Å². The number of benzene rings is 1. The molecule has 0 amide bonds. The van der Waals surface area contributed by atoms with Gasteiger partial charge in [-0.2, -0.15) is 13.2 Å². The molecule has 0 heterocycles. The van der Waals surface area contributed by atoms with E-state index >= 15 is 0 Å². The van der Waals surface area contributed by atoms with E-state index in [9.17, 15) is 32.7 Å². The summed E-state index contributed by atoms with van der Waals surface area (Å²) in [7, 11) is 2.14. The maximum Gasteiger partial charge on any atom is 0.432 e. The lowest BCUT2D eigenvalue weighted by Gasteiger charge is -2.60. The normalized spacial score (nSPS) is 32.9. The Morgan fingerprint density at radius 1 is 0.902 bits per heavy atom. The van der Waals surface area contributed by atoms with E-state index in [-0.39, 0.29) is 46.3 Å². The Morgan fingerprint density at radius 3 is 2.12 bits per heavy atom. The number of fused-ring (bicyclic) bond motifs is 4. The number of hydrogen-bond acceptors (Lipinski definition) is 7. The summed E-state index contributed by atoms with van der Waals surface area (Å²) in [5.74, 6) is -2.20. The highest BCUT2D eigenvalue weighted by Gasteiger charge is 2.66. The number of rotatable bonds is 10. The molecule has 4 aliphatic carbocycles. The molecule has 0 bridgehead atoms. The molecule has 10 heteroatoms. The van der Waals surface area contributed by atoms with E-state index in [2.05, 4.69) is 34.6 Å². The van der Waals surface area contributed by atoms with E-state index in [1.165, 1.54) is 50.3 Å². The van der Waals surface area contributed by atoms with Gasteiger partial charge in [0.15, 0.2) is 0 Å².